The van der Waals surface area contributed by atoms with Crippen molar-refractivity contribution in [3.8, 4) is 11.8 Å². The molecule has 206 valence electrons. The third kappa shape index (κ3) is 6.77. The zero-order chi connectivity index (χ0) is 28.0. The van der Waals surface area contributed by atoms with Gasteiger partial charge >= 0.3 is 23.5 Å². The maximum atomic E-state index is 12.8. The van der Waals surface area contributed by atoms with E-state index in [1.807, 2.05) is 5.92 Å². The van der Waals surface area contributed by atoms with Gasteiger partial charge in [-0.2, -0.15) is 8.62 Å². The van der Waals surface area contributed by atoms with Crippen molar-refractivity contribution in [1.29, 1.82) is 0 Å². The van der Waals surface area contributed by atoms with E-state index in [4.69, 9.17) is 26.7 Å². The van der Waals surface area contributed by atoms with E-state index in [1.54, 1.807) is 6.92 Å². The molecule has 0 radical (unpaired) electrons. The second-order valence-corrected chi connectivity index (χ2v) is 12.3. The molecule has 1 saturated heterocycles. The number of aryl methyl sites for hydroxylation is 1. The van der Waals surface area contributed by atoms with Gasteiger partial charge in [-0.1, -0.05) is 24.1 Å². The van der Waals surface area contributed by atoms with Gasteiger partial charge in [0.05, 0.1) is 12.4 Å². The molecular weight excluding hydrogens is 588 g/mol. The minimum Gasteiger partial charge on any atom is -0.386 e. The molecule has 2 aromatic rings. The van der Waals surface area contributed by atoms with Gasteiger partial charge in [-0.25, -0.2) is 28.1 Å². The Labute approximate surface area is 211 Å². The van der Waals surface area contributed by atoms with Gasteiger partial charge in [0, 0.05) is 0 Å². The van der Waals surface area contributed by atoms with Crippen LogP contribution in [0.3, 0.4) is 0 Å². The first kappa shape index (κ1) is 30.1. The van der Waals surface area contributed by atoms with Gasteiger partial charge in [0.15, 0.2) is 16.5 Å². The van der Waals surface area contributed by atoms with E-state index in [1.165, 1.54) is 0 Å². The van der Waals surface area contributed by atoms with Crippen LogP contribution in [0, 0.1) is 23.4 Å². The Kier molecular flexibility index (Phi) is 8.63. The van der Waals surface area contributed by atoms with Crippen molar-refractivity contribution in [2.45, 2.75) is 44.0 Å². The van der Waals surface area contributed by atoms with Crippen molar-refractivity contribution < 1.29 is 65.8 Å². The Bertz CT molecular complexity index is 1450. The summed E-state index contributed by atoms with van der Waals surface area (Å²) in [7, 11) is -17.1. The maximum Gasteiger partial charge on any atom is 0.490 e. The largest absolute Gasteiger partial charge is 0.490 e. The smallest absolute Gasteiger partial charge is 0.386 e. The summed E-state index contributed by atoms with van der Waals surface area (Å²) in [5.41, 5.74) is -2.23. The fourth-order valence-corrected chi connectivity index (χ4v) is 6.96. The average Bonchev–Trinajstić information content (AvgIpc) is 3.23. The number of aromatic amines is 1. The molecule has 0 spiro atoms. The van der Waals surface area contributed by atoms with Crippen LogP contribution in [0.25, 0.3) is 11.2 Å². The van der Waals surface area contributed by atoms with Gasteiger partial charge < -0.3 is 39.5 Å². The van der Waals surface area contributed by atoms with Crippen LogP contribution in [0.2, 0.25) is 0 Å². The first-order valence-corrected chi connectivity index (χ1v) is 14.7. The second-order valence-electron chi connectivity index (χ2n) is 7.54. The number of aromatic nitrogens is 4. The van der Waals surface area contributed by atoms with E-state index >= 15 is 0 Å². The standard InChI is InChI=1S/C15H20FN4O13P3S/c1-7(31-35(26,27)33-36(28,29)32-34(23,24)25)10-11(21)15(22,4-3-5-16)14(30-10)20-6-17-9-12(20)18-8(2)19-13(9)37/h6-7,10-11,14,21-22H,5H2,1-2H3,(H,26,27)(H,28,29)(H,18,19,37)(H2,23,24,25)/t7-,10+,11-,14+,15?/m0/s1. The summed E-state index contributed by atoms with van der Waals surface area (Å²) in [5.74, 6) is 4.46. The lowest BCUT2D eigenvalue weighted by molar-refractivity contribution is -0.0832. The lowest BCUT2D eigenvalue weighted by Crippen LogP contribution is -2.47. The quantitative estimate of drug-likeness (QED) is 0.122. The normalized spacial score (nSPS) is 28.3. The molecule has 2 aromatic heterocycles. The predicted molar refractivity (Wildman–Crippen MR) is 120 cm³/mol. The van der Waals surface area contributed by atoms with Crippen molar-refractivity contribution >= 4 is 46.8 Å². The number of aliphatic hydroxyl groups excluding tert-OH is 1. The lowest BCUT2D eigenvalue weighted by Gasteiger charge is -2.27. The molecule has 7 atom stereocenters. The minimum absolute atomic E-state index is 0.0829. The summed E-state index contributed by atoms with van der Waals surface area (Å²) < 4.78 is 66.3. The van der Waals surface area contributed by atoms with Crippen LogP contribution in [0.5, 0.6) is 0 Å². The highest BCUT2D eigenvalue weighted by Crippen LogP contribution is 2.66. The molecule has 22 heteroatoms. The number of phosphoric acid groups is 3. The van der Waals surface area contributed by atoms with Crippen molar-refractivity contribution in [2.24, 2.45) is 0 Å². The van der Waals surface area contributed by atoms with Gasteiger partial charge in [0.2, 0.25) is 0 Å². The minimum atomic E-state index is -5.82. The van der Waals surface area contributed by atoms with Crippen LogP contribution in [0.4, 0.5) is 4.39 Å². The van der Waals surface area contributed by atoms with Gasteiger partial charge in [-0.15, -0.1) is 0 Å². The highest BCUT2D eigenvalue weighted by Gasteiger charge is 2.58. The van der Waals surface area contributed by atoms with Crippen molar-refractivity contribution in [1.82, 2.24) is 19.5 Å². The highest BCUT2D eigenvalue weighted by molar-refractivity contribution is 7.71. The topological polar surface area (TPSA) is 256 Å². The number of rotatable bonds is 8. The Morgan fingerprint density at radius 1 is 1.30 bits per heavy atom. The summed E-state index contributed by atoms with van der Waals surface area (Å²) in [6.07, 6.45) is -6.01. The molecular formula is C15H20FN4O13P3S. The van der Waals surface area contributed by atoms with E-state index in [0.717, 1.165) is 17.8 Å². The Morgan fingerprint density at radius 3 is 2.54 bits per heavy atom. The summed E-state index contributed by atoms with van der Waals surface area (Å²) in [5, 5.41) is 22.1. The molecule has 1 aliphatic heterocycles. The van der Waals surface area contributed by atoms with E-state index in [9.17, 15) is 38.1 Å². The Hall–Kier alpha value is -1.45. The third-order valence-electron chi connectivity index (χ3n) is 4.78. The third-order valence-corrected chi connectivity index (χ3v) is 8.99. The summed E-state index contributed by atoms with van der Waals surface area (Å²) in [4.78, 5) is 47.3. The van der Waals surface area contributed by atoms with Crippen molar-refractivity contribution in [2.75, 3.05) is 6.67 Å². The number of nitrogens with zero attached hydrogens (tertiary/aromatic N) is 3. The second kappa shape index (κ2) is 10.6. The number of phosphoric ester groups is 1. The van der Waals surface area contributed by atoms with Crippen LogP contribution >= 0.6 is 35.7 Å². The lowest BCUT2D eigenvalue weighted by atomic mass is 9.92. The molecule has 7 N–H and O–H groups in total. The van der Waals surface area contributed by atoms with Gasteiger partial charge in [0.1, 0.15) is 35.9 Å². The highest BCUT2D eigenvalue weighted by atomic mass is 32.1. The van der Waals surface area contributed by atoms with Crippen LogP contribution in [-0.4, -0.2) is 79.9 Å². The number of fused-ring (bicyclic) bond motifs is 1. The SMILES string of the molecule is Cc1nc(=S)c2ncn([C@@H]3O[C@H]([C@H](C)OP(=O)(O)OP(=O)(O)OP(=O)(O)O)[C@H](O)C3(O)C#CCF)c2[nH]1. The zero-order valence-corrected chi connectivity index (χ0v) is 22.1. The molecule has 0 aromatic carbocycles. The zero-order valence-electron chi connectivity index (χ0n) is 18.6. The fourth-order valence-electron chi connectivity index (χ4n) is 3.47. The summed E-state index contributed by atoms with van der Waals surface area (Å²) in [6, 6.07) is 0. The van der Waals surface area contributed by atoms with Crippen LogP contribution in [0.1, 0.15) is 19.0 Å². The molecule has 0 amide bonds. The number of aliphatic hydroxyl groups is 2. The number of hydrogen-bond donors (Lipinski definition) is 7. The van der Waals surface area contributed by atoms with Crippen molar-refractivity contribution in [3.05, 3.63) is 16.8 Å². The molecule has 37 heavy (non-hydrogen) atoms. The van der Waals surface area contributed by atoms with E-state index < -0.39 is 60.3 Å². The van der Waals surface area contributed by atoms with Crippen LogP contribution in [-0.2, 0) is 31.6 Å². The molecule has 3 rings (SSSR count). The first-order chi connectivity index (χ1) is 16.9. The average molecular weight is 608 g/mol. The Morgan fingerprint density at radius 2 is 1.95 bits per heavy atom. The van der Waals surface area contributed by atoms with Gasteiger partial charge in [-0.05, 0) is 13.8 Å². The number of nitrogens with one attached hydrogen (secondary N) is 1. The molecule has 0 bridgehead atoms. The molecule has 3 unspecified atom stereocenters. The molecule has 0 aliphatic carbocycles. The number of alkyl halides is 1. The number of ether oxygens (including phenoxy) is 1. The van der Waals surface area contributed by atoms with E-state index in [-0.39, 0.29) is 15.8 Å². The molecule has 1 fully saturated rings. The number of hydrogen-bond acceptors (Lipinski definition) is 12. The molecule has 0 saturated carbocycles. The number of imidazole rings is 1. The predicted octanol–water partition coefficient (Wildman–Crippen LogP) is 0.491. The monoisotopic (exact) mass is 608 g/mol. The van der Waals surface area contributed by atoms with E-state index in [0.29, 0.717) is 5.82 Å². The molecule has 17 nitrogen and oxygen atoms in total. The first-order valence-electron chi connectivity index (χ1n) is 9.76. The molecule has 1 aliphatic rings. The van der Waals surface area contributed by atoms with Gasteiger partial charge in [-0.3, -0.25) is 9.09 Å². The Balaban J connectivity index is 1.95. The summed E-state index contributed by atoms with van der Waals surface area (Å²) in [6.45, 7) is 1.37. The van der Waals surface area contributed by atoms with Crippen LogP contribution < -0.4 is 0 Å². The summed E-state index contributed by atoms with van der Waals surface area (Å²) >= 11 is 5.15. The number of halogens is 1. The van der Waals surface area contributed by atoms with E-state index in [2.05, 4.69) is 34.0 Å². The van der Waals surface area contributed by atoms with Crippen molar-refractivity contribution in [3.63, 3.8) is 0 Å². The maximum absolute atomic E-state index is 12.8. The fraction of sp³-hybridized carbons (Fsp3) is 0.533. The van der Waals surface area contributed by atoms with Gasteiger partial charge in [0.25, 0.3) is 0 Å². The molecule has 3 heterocycles. The number of H-pyrrole nitrogens is 1. The van der Waals surface area contributed by atoms with Crippen LogP contribution in [0.15, 0.2) is 6.33 Å².